The third-order valence-electron chi connectivity index (χ3n) is 8.04. The number of hydrogen-bond donors (Lipinski definition) is 3. The zero-order valence-corrected chi connectivity index (χ0v) is 26.3. The monoisotopic (exact) mass is 583 g/mol. The Labute approximate surface area is 255 Å². The van der Waals surface area contributed by atoms with Gasteiger partial charge >= 0.3 is 0 Å². The third kappa shape index (κ3) is 8.05. The molecule has 0 aliphatic rings. The number of aryl methyl sites for hydroxylation is 4. The second-order valence-corrected chi connectivity index (χ2v) is 11.7. The SMILES string of the molecule is CCCCC(CC)COCC(O)C(O)c1ccc(-c2nc(-c3ccc(C)cc3C)nc(-c3ccc(C)cc3C)n2)c(O)c1. The number of aliphatic hydroxyl groups is 2. The van der Waals surface area contributed by atoms with Gasteiger partial charge in [-0.05, 0) is 68.9 Å². The highest BCUT2D eigenvalue weighted by molar-refractivity contribution is 5.72. The van der Waals surface area contributed by atoms with E-state index in [9.17, 15) is 15.3 Å². The van der Waals surface area contributed by atoms with Crippen LogP contribution in [-0.2, 0) is 4.74 Å². The molecule has 1 aromatic heterocycles. The first-order valence-electron chi connectivity index (χ1n) is 15.3. The van der Waals surface area contributed by atoms with Gasteiger partial charge in [-0.2, -0.15) is 0 Å². The van der Waals surface area contributed by atoms with Crippen LogP contribution in [0.3, 0.4) is 0 Å². The van der Waals surface area contributed by atoms with Gasteiger partial charge in [0.2, 0.25) is 0 Å². The van der Waals surface area contributed by atoms with Gasteiger partial charge in [0.05, 0.1) is 12.2 Å². The van der Waals surface area contributed by atoms with Crippen molar-refractivity contribution in [1.82, 2.24) is 15.0 Å². The van der Waals surface area contributed by atoms with E-state index in [1.165, 1.54) is 6.07 Å². The van der Waals surface area contributed by atoms with E-state index in [1.54, 1.807) is 12.1 Å². The average molecular weight is 584 g/mol. The van der Waals surface area contributed by atoms with Crippen LogP contribution >= 0.6 is 0 Å². The van der Waals surface area contributed by atoms with Gasteiger partial charge < -0.3 is 20.1 Å². The standard InChI is InChI=1S/C36H45N3O4/c1-7-9-10-26(8-2)20-43-21-32(41)33(42)27-13-16-30(31(40)19-27)36-38-34(28-14-11-22(3)17-24(28)5)37-35(39-36)29-15-12-23(4)18-25(29)6/h11-19,26,32-33,40-42H,7-10,20-21H2,1-6H3. The number of rotatable bonds is 13. The Bertz CT molecular complexity index is 1470. The summed E-state index contributed by atoms with van der Waals surface area (Å²) in [4.78, 5) is 14.4. The second kappa shape index (κ2) is 14.7. The minimum atomic E-state index is -1.22. The number of hydrogen-bond acceptors (Lipinski definition) is 7. The predicted molar refractivity (Wildman–Crippen MR) is 172 cm³/mol. The summed E-state index contributed by atoms with van der Waals surface area (Å²) in [6.45, 7) is 13.0. The Morgan fingerprint density at radius 1 is 0.698 bits per heavy atom. The molecule has 0 aliphatic heterocycles. The molecule has 43 heavy (non-hydrogen) atoms. The van der Waals surface area contributed by atoms with Crippen LogP contribution in [0.2, 0.25) is 0 Å². The van der Waals surface area contributed by atoms with Crippen molar-refractivity contribution in [3.8, 4) is 39.9 Å². The zero-order chi connectivity index (χ0) is 31.1. The Morgan fingerprint density at radius 2 is 1.23 bits per heavy atom. The number of nitrogens with zero attached hydrogens (tertiary/aromatic N) is 3. The maximum Gasteiger partial charge on any atom is 0.167 e. The van der Waals surface area contributed by atoms with Gasteiger partial charge in [-0.25, -0.2) is 15.0 Å². The van der Waals surface area contributed by atoms with Gasteiger partial charge in [-0.3, -0.25) is 0 Å². The number of unbranched alkanes of at least 4 members (excludes halogenated alkanes) is 1. The number of ether oxygens (including phenoxy) is 1. The lowest BCUT2D eigenvalue weighted by Gasteiger charge is -2.21. The van der Waals surface area contributed by atoms with E-state index in [0.29, 0.717) is 41.1 Å². The summed E-state index contributed by atoms with van der Waals surface area (Å²) in [5.41, 5.74) is 6.93. The van der Waals surface area contributed by atoms with E-state index in [0.717, 1.165) is 59.1 Å². The lowest BCUT2D eigenvalue weighted by molar-refractivity contribution is -0.0464. The van der Waals surface area contributed by atoms with Gasteiger partial charge in [0, 0.05) is 17.7 Å². The molecular weight excluding hydrogens is 538 g/mol. The van der Waals surface area contributed by atoms with Crippen molar-refractivity contribution in [3.63, 3.8) is 0 Å². The summed E-state index contributed by atoms with van der Waals surface area (Å²) >= 11 is 0. The highest BCUT2D eigenvalue weighted by Gasteiger charge is 2.22. The largest absolute Gasteiger partial charge is 0.507 e. The molecule has 0 amide bonds. The minimum absolute atomic E-state index is 0.0122. The molecule has 3 atom stereocenters. The molecule has 7 nitrogen and oxygen atoms in total. The van der Waals surface area contributed by atoms with Gasteiger partial charge in [-0.15, -0.1) is 0 Å². The molecule has 0 spiro atoms. The Kier molecular flexibility index (Phi) is 11.0. The van der Waals surface area contributed by atoms with Crippen LogP contribution in [0.15, 0.2) is 54.6 Å². The fourth-order valence-corrected chi connectivity index (χ4v) is 5.35. The molecule has 0 saturated heterocycles. The summed E-state index contributed by atoms with van der Waals surface area (Å²) in [5.74, 6) is 1.69. The molecule has 0 radical (unpaired) electrons. The van der Waals surface area contributed by atoms with E-state index in [1.807, 2.05) is 52.0 Å². The van der Waals surface area contributed by atoms with Gasteiger partial charge in [0.15, 0.2) is 17.5 Å². The zero-order valence-electron chi connectivity index (χ0n) is 26.3. The van der Waals surface area contributed by atoms with Crippen molar-refractivity contribution in [2.24, 2.45) is 5.92 Å². The average Bonchev–Trinajstić information content (AvgIpc) is 2.98. The van der Waals surface area contributed by atoms with Crippen molar-refractivity contribution in [3.05, 3.63) is 82.4 Å². The molecule has 0 saturated carbocycles. The fraction of sp³-hybridized carbons (Fsp3) is 0.417. The van der Waals surface area contributed by atoms with Crippen LogP contribution in [0.1, 0.15) is 73.5 Å². The van der Waals surface area contributed by atoms with E-state index < -0.39 is 12.2 Å². The minimum Gasteiger partial charge on any atom is -0.507 e. The van der Waals surface area contributed by atoms with Crippen LogP contribution in [0.4, 0.5) is 0 Å². The first-order chi connectivity index (χ1) is 20.6. The first kappa shape index (κ1) is 32.3. The highest BCUT2D eigenvalue weighted by atomic mass is 16.5. The summed E-state index contributed by atoms with van der Waals surface area (Å²) in [6.07, 6.45) is 2.05. The van der Waals surface area contributed by atoms with E-state index in [-0.39, 0.29) is 12.4 Å². The second-order valence-electron chi connectivity index (χ2n) is 11.7. The molecular formula is C36H45N3O4. The molecule has 7 heteroatoms. The van der Waals surface area contributed by atoms with Gasteiger partial charge in [0.1, 0.15) is 18.0 Å². The molecule has 0 fully saturated rings. The summed E-state index contributed by atoms with van der Waals surface area (Å²) in [7, 11) is 0. The molecule has 0 bridgehead atoms. The summed E-state index contributed by atoms with van der Waals surface area (Å²) in [6, 6.07) is 17.0. The number of benzene rings is 3. The molecule has 4 aromatic rings. The number of aliphatic hydroxyl groups excluding tert-OH is 2. The molecule has 1 heterocycles. The molecule has 0 aliphatic carbocycles. The van der Waals surface area contributed by atoms with Crippen molar-refractivity contribution in [2.45, 2.75) is 79.4 Å². The maximum absolute atomic E-state index is 11.1. The summed E-state index contributed by atoms with van der Waals surface area (Å²) in [5, 5.41) is 32.6. The molecule has 3 N–H and O–H groups in total. The van der Waals surface area contributed by atoms with Crippen molar-refractivity contribution in [1.29, 1.82) is 0 Å². The highest BCUT2D eigenvalue weighted by Crippen LogP contribution is 2.34. The van der Waals surface area contributed by atoms with Crippen molar-refractivity contribution < 1.29 is 20.1 Å². The Balaban J connectivity index is 1.63. The fourth-order valence-electron chi connectivity index (χ4n) is 5.35. The van der Waals surface area contributed by atoms with Gasteiger partial charge in [0.25, 0.3) is 0 Å². The van der Waals surface area contributed by atoms with Crippen LogP contribution < -0.4 is 0 Å². The van der Waals surface area contributed by atoms with Crippen LogP contribution in [-0.4, -0.2) is 49.6 Å². The topological polar surface area (TPSA) is 109 Å². The lowest BCUT2D eigenvalue weighted by Crippen LogP contribution is -2.25. The van der Waals surface area contributed by atoms with Crippen molar-refractivity contribution in [2.75, 3.05) is 13.2 Å². The first-order valence-corrected chi connectivity index (χ1v) is 15.3. The smallest absolute Gasteiger partial charge is 0.167 e. The summed E-state index contributed by atoms with van der Waals surface area (Å²) < 4.78 is 5.76. The predicted octanol–water partition coefficient (Wildman–Crippen LogP) is 7.44. The Morgan fingerprint density at radius 3 is 1.72 bits per heavy atom. The molecule has 228 valence electrons. The number of aromatic nitrogens is 3. The quantitative estimate of drug-likeness (QED) is 0.150. The van der Waals surface area contributed by atoms with Crippen LogP contribution in [0.5, 0.6) is 5.75 Å². The van der Waals surface area contributed by atoms with E-state index >= 15 is 0 Å². The number of aromatic hydroxyl groups is 1. The number of phenols is 1. The van der Waals surface area contributed by atoms with E-state index in [4.69, 9.17) is 19.7 Å². The van der Waals surface area contributed by atoms with Gasteiger partial charge in [-0.1, -0.05) is 86.7 Å². The lowest BCUT2D eigenvalue weighted by atomic mass is 10.00. The maximum atomic E-state index is 11.1. The molecule has 3 aromatic carbocycles. The molecule has 3 unspecified atom stereocenters. The normalized spacial score (nSPS) is 13.6. The van der Waals surface area contributed by atoms with Crippen LogP contribution in [0.25, 0.3) is 34.2 Å². The van der Waals surface area contributed by atoms with Crippen LogP contribution in [0, 0.1) is 33.6 Å². The third-order valence-corrected chi connectivity index (χ3v) is 8.04. The van der Waals surface area contributed by atoms with Crippen molar-refractivity contribution >= 4 is 0 Å². The Hall–Kier alpha value is -3.65. The van der Waals surface area contributed by atoms with E-state index in [2.05, 4.69) is 26.0 Å². The number of phenolic OH excluding ortho intramolecular Hbond substituents is 1. The molecule has 4 rings (SSSR count).